The van der Waals surface area contributed by atoms with Crippen molar-refractivity contribution in [2.24, 2.45) is 0 Å². The highest BCUT2D eigenvalue weighted by molar-refractivity contribution is 7.89. The molecule has 0 aliphatic carbocycles. The van der Waals surface area contributed by atoms with E-state index >= 15 is 0 Å². The predicted octanol–water partition coefficient (Wildman–Crippen LogP) is 3.36. The minimum atomic E-state index is -3.43. The third kappa shape index (κ3) is 4.37. The minimum Gasteiger partial charge on any atom is -0.484 e. The summed E-state index contributed by atoms with van der Waals surface area (Å²) in [6.07, 6.45) is 4.43. The summed E-state index contributed by atoms with van der Waals surface area (Å²) in [6.45, 7) is 5.23. The third-order valence-electron chi connectivity index (χ3n) is 5.25. The van der Waals surface area contributed by atoms with Crippen molar-refractivity contribution in [1.29, 1.82) is 0 Å². The summed E-state index contributed by atoms with van der Waals surface area (Å²) in [5.41, 5.74) is 1.08. The van der Waals surface area contributed by atoms with Crippen LogP contribution in [-0.2, 0) is 23.0 Å². The SMILES string of the molecule is O=S(=O)(c1ccccc1)N1CCc2sc(OCCCN3CCCC3)cc2C1. The third-order valence-corrected chi connectivity index (χ3v) is 8.26. The fourth-order valence-electron chi connectivity index (χ4n) is 3.76. The summed E-state index contributed by atoms with van der Waals surface area (Å²) in [4.78, 5) is 4.11. The van der Waals surface area contributed by atoms with Crippen molar-refractivity contribution in [1.82, 2.24) is 9.21 Å². The van der Waals surface area contributed by atoms with Crippen LogP contribution in [0, 0.1) is 0 Å². The standard InChI is InChI=1S/C20H26N2O3S2/c23-27(24,18-7-2-1-3-8-18)22-13-9-19-17(16-22)15-20(26-19)25-14-6-12-21-10-4-5-11-21/h1-3,7-8,15H,4-6,9-14,16H2. The first-order valence-electron chi connectivity index (χ1n) is 9.65. The highest BCUT2D eigenvalue weighted by Crippen LogP contribution is 2.35. The van der Waals surface area contributed by atoms with Crippen LogP contribution in [0.25, 0.3) is 0 Å². The zero-order chi connectivity index (χ0) is 18.7. The molecule has 0 spiro atoms. The Morgan fingerprint density at radius 3 is 2.63 bits per heavy atom. The normalized spacial score (nSPS) is 18.5. The second kappa shape index (κ2) is 8.31. The first-order chi connectivity index (χ1) is 13.1. The first-order valence-corrected chi connectivity index (χ1v) is 11.9. The van der Waals surface area contributed by atoms with Crippen LogP contribution < -0.4 is 4.74 Å². The molecule has 1 fully saturated rings. The van der Waals surface area contributed by atoms with E-state index in [-0.39, 0.29) is 0 Å². The topological polar surface area (TPSA) is 49.9 Å². The molecule has 2 aliphatic rings. The van der Waals surface area contributed by atoms with E-state index in [1.165, 1.54) is 30.8 Å². The molecule has 0 atom stereocenters. The fourth-order valence-corrected chi connectivity index (χ4v) is 6.24. The molecule has 2 aromatic rings. The van der Waals surface area contributed by atoms with E-state index in [0.717, 1.165) is 36.6 Å². The van der Waals surface area contributed by atoms with E-state index in [1.54, 1.807) is 39.9 Å². The van der Waals surface area contributed by atoms with Gasteiger partial charge < -0.3 is 9.64 Å². The molecule has 3 heterocycles. The summed E-state index contributed by atoms with van der Waals surface area (Å²) >= 11 is 1.67. The van der Waals surface area contributed by atoms with Crippen LogP contribution in [0.1, 0.15) is 29.7 Å². The molecule has 146 valence electrons. The van der Waals surface area contributed by atoms with Crippen LogP contribution in [0.2, 0.25) is 0 Å². The lowest BCUT2D eigenvalue weighted by Crippen LogP contribution is -2.35. The second-order valence-corrected chi connectivity index (χ2v) is 10.2. The van der Waals surface area contributed by atoms with E-state index in [4.69, 9.17) is 4.74 Å². The van der Waals surface area contributed by atoms with Crippen molar-refractivity contribution in [2.45, 2.75) is 37.1 Å². The average Bonchev–Trinajstić information content (AvgIpc) is 3.34. The molecule has 0 N–H and O–H groups in total. The number of hydrogen-bond donors (Lipinski definition) is 0. The fraction of sp³-hybridized carbons (Fsp3) is 0.500. The van der Waals surface area contributed by atoms with E-state index < -0.39 is 10.0 Å². The number of benzene rings is 1. The van der Waals surface area contributed by atoms with Gasteiger partial charge in [-0.1, -0.05) is 18.2 Å². The molecule has 5 nitrogen and oxygen atoms in total. The number of thiophene rings is 1. The number of rotatable bonds is 7. The van der Waals surface area contributed by atoms with Gasteiger partial charge in [0.05, 0.1) is 11.5 Å². The molecule has 1 saturated heterocycles. The van der Waals surface area contributed by atoms with Gasteiger partial charge in [0.2, 0.25) is 10.0 Å². The van der Waals surface area contributed by atoms with E-state index in [2.05, 4.69) is 4.90 Å². The molecule has 2 aliphatic heterocycles. The molecule has 7 heteroatoms. The maximum absolute atomic E-state index is 12.8. The Bertz CT molecular complexity index is 859. The molecule has 1 aromatic carbocycles. The molecule has 0 saturated carbocycles. The number of fused-ring (bicyclic) bond motifs is 1. The molecular weight excluding hydrogens is 380 g/mol. The molecule has 1 aromatic heterocycles. The Kier molecular flexibility index (Phi) is 5.82. The molecule has 0 amide bonds. The van der Waals surface area contributed by atoms with Crippen LogP contribution in [0.3, 0.4) is 0 Å². The van der Waals surface area contributed by atoms with Crippen molar-refractivity contribution >= 4 is 21.4 Å². The summed E-state index contributed by atoms with van der Waals surface area (Å²) in [7, 11) is -3.43. The monoisotopic (exact) mass is 406 g/mol. The van der Waals surface area contributed by atoms with Crippen molar-refractivity contribution in [3.05, 3.63) is 46.8 Å². The number of sulfonamides is 1. The van der Waals surface area contributed by atoms with E-state index in [1.807, 2.05) is 12.1 Å². The van der Waals surface area contributed by atoms with Crippen molar-refractivity contribution in [2.75, 3.05) is 32.8 Å². The number of nitrogens with zero attached hydrogens (tertiary/aromatic N) is 2. The number of hydrogen-bond acceptors (Lipinski definition) is 5. The highest BCUT2D eigenvalue weighted by atomic mass is 32.2. The Morgan fingerprint density at radius 2 is 1.85 bits per heavy atom. The van der Waals surface area contributed by atoms with Gasteiger partial charge in [0.25, 0.3) is 0 Å². The van der Waals surface area contributed by atoms with Gasteiger partial charge in [-0.15, -0.1) is 11.3 Å². The average molecular weight is 407 g/mol. The van der Waals surface area contributed by atoms with E-state index in [9.17, 15) is 8.42 Å². The van der Waals surface area contributed by atoms with Crippen LogP contribution in [0.4, 0.5) is 0 Å². The lowest BCUT2D eigenvalue weighted by Gasteiger charge is -2.26. The first kappa shape index (κ1) is 18.9. The maximum atomic E-state index is 12.8. The quantitative estimate of drug-likeness (QED) is 0.662. The molecule has 0 radical (unpaired) electrons. The molecular formula is C20H26N2O3S2. The van der Waals surface area contributed by atoms with Crippen molar-refractivity contribution in [3.8, 4) is 5.06 Å². The Morgan fingerprint density at radius 1 is 1.07 bits per heavy atom. The summed E-state index contributed by atoms with van der Waals surface area (Å²) in [5.74, 6) is 0. The summed E-state index contributed by atoms with van der Waals surface area (Å²) < 4.78 is 33.2. The van der Waals surface area contributed by atoms with E-state index in [0.29, 0.717) is 18.0 Å². The van der Waals surface area contributed by atoms with Crippen LogP contribution in [-0.4, -0.2) is 50.4 Å². The number of likely N-dealkylation sites (tertiary alicyclic amines) is 1. The van der Waals surface area contributed by atoms with Gasteiger partial charge in [-0.3, -0.25) is 0 Å². The van der Waals surface area contributed by atoms with Gasteiger partial charge in [-0.05, 0) is 62.5 Å². The number of ether oxygens (including phenoxy) is 1. The lowest BCUT2D eigenvalue weighted by atomic mass is 10.1. The zero-order valence-electron chi connectivity index (χ0n) is 15.5. The zero-order valence-corrected chi connectivity index (χ0v) is 17.1. The smallest absolute Gasteiger partial charge is 0.243 e. The highest BCUT2D eigenvalue weighted by Gasteiger charge is 2.29. The second-order valence-electron chi connectivity index (χ2n) is 7.17. The van der Waals surface area contributed by atoms with Crippen LogP contribution in [0.5, 0.6) is 5.06 Å². The van der Waals surface area contributed by atoms with Crippen molar-refractivity contribution < 1.29 is 13.2 Å². The van der Waals surface area contributed by atoms with Gasteiger partial charge in [0.1, 0.15) is 0 Å². The Labute approximate surface area is 165 Å². The maximum Gasteiger partial charge on any atom is 0.243 e. The van der Waals surface area contributed by atoms with Gasteiger partial charge >= 0.3 is 0 Å². The van der Waals surface area contributed by atoms with Crippen molar-refractivity contribution in [3.63, 3.8) is 0 Å². The lowest BCUT2D eigenvalue weighted by molar-refractivity contribution is 0.267. The molecule has 0 bridgehead atoms. The largest absolute Gasteiger partial charge is 0.484 e. The Hall–Kier alpha value is -1.41. The molecule has 27 heavy (non-hydrogen) atoms. The summed E-state index contributed by atoms with van der Waals surface area (Å²) in [5, 5.41) is 0.917. The summed E-state index contributed by atoms with van der Waals surface area (Å²) in [6, 6.07) is 10.7. The van der Waals surface area contributed by atoms with Gasteiger partial charge in [-0.25, -0.2) is 8.42 Å². The van der Waals surface area contributed by atoms with Gasteiger partial charge in [-0.2, -0.15) is 4.31 Å². The molecule has 4 rings (SSSR count). The van der Waals surface area contributed by atoms with Crippen LogP contribution in [0.15, 0.2) is 41.3 Å². The van der Waals surface area contributed by atoms with Gasteiger partial charge in [0.15, 0.2) is 5.06 Å². The van der Waals surface area contributed by atoms with Crippen LogP contribution >= 0.6 is 11.3 Å². The minimum absolute atomic E-state index is 0.363. The Balaban J connectivity index is 1.34. The van der Waals surface area contributed by atoms with Gasteiger partial charge in [0, 0.05) is 24.5 Å². The predicted molar refractivity (Wildman–Crippen MR) is 108 cm³/mol. The molecule has 0 unspecified atom stereocenters.